The normalized spacial score (nSPS) is 11.7. The summed E-state index contributed by atoms with van der Waals surface area (Å²) in [5.41, 5.74) is 1.46. The van der Waals surface area contributed by atoms with E-state index in [0.717, 1.165) is 16.3 Å². The minimum Gasteiger partial charge on any atom is -0.484 e. The zero-order chi connectivity index (χ0) is 29.8. The van der Waals surface area contributed by atoms with Crippen molar-refractivity contribution in [2.45, 2.75) is 19.9 Å². The molecule has 43 heavy (non-hydrogen) atoms. The number of pyridine rings is 2. The molecule has 0 spiro atoms. The molecule has 9 nitrogen and oxygen atoms in total. The molecule has 3 aromatic heterocycles. The van der Waals surface area contributed by atoms with Crippen LogP contribution in [0.1, 0.15) is 22.8 Å². The Labute approximate surface area is 246 Å². The number of esters is 1. The van der Waals surface area contributed by atoms with Crippen LogP contribution in [0.25, 0.3) is 27.5 Å². The number of carbonyl (C=O) groups is 2. The van der Waals surface area contributed by atoms with Crippen molar-refractivity contribution in [2.75, 3.05) is 13.2 Å². The van der Waals surface area contributed by atoms with Crippen LogP contribution in [0.2, 0.25) is 0 Å². The molecule has 0 saturated heterocycles. The third-order valence-electron chi connectivity index (χ3n) is 7.07. The molecule has 3 aromatic carbocycles. The first-order valence-electron chi connectivity index (χ1n) is 14.0. The second-order valence-electron chi connectivity index (χ2n) is 9.88. The molecule has 0 radical (unpaired) electrons. The number of carbonyl (C=O) groups excluding carboxylic acids is 2. The number of rotatable bonds is 8. The molecule has 0 fully saturated rings. The van der Waals surface area contributed by atoms with Gasteiger partial charge in [0.05, 0.1) is 12.0 Å². The highest BCUT2D eigenvalue weighted by Crippen LogP contribution is 2.20. The Balaban J connectivity index is 1.48. The molecule has 0 unspecified atom stereocenters. The minimum absolute atomic E-state index is 0.00347. The van der Waals surface area contributed by atoms with Crippen molar-refractivity contribution in [1.29, 1.82) is 0 Å². The summed E-state index contributed by atoms with van der Waals surface area (Å²) in [6.45, 7) is 1.73. The molecule has 214 valence electrons. The molecule has 0 bridgehead atoms. The van der Waals surface area contributed by atoms with Crippen LogP contribution in [0.3, 0.4) is 0 Å². The summed E-state index contributed by atoms with van der Waals surface area (Å²) < 4.78 is 14.2. The van der Waals surface area contributed by atoms with Gasteiger partial charge in [-0.3, -0.25) is 14.0 Å². The van der Waals surface area contributed by atoms with Gasteiger partial charge in [-0.1, -0.05) is 66.7 Å². The van der Waals surface area contributed by atoms with E-state index < -0.39 is 11.9 Å². The van der Waals surface area contributed by atoms with Gasteiger partial charge in [0.2, 0.25) is 0 Å². The van der Waals surface area contributed by atoms with E-state index in [1.54, 1.807) is 42.0 Å². The minimum atomic E-state index is -0.697. The molecule has 0 atom stereocenters. The SMILES string of the molecule is CCOC(=O)c1cc2c(=O)n3ccccc3nc2n(CCc2ccccc2)c1=NC(=O)COc1ccc2ccccc2c1. The van der Waals surface area contributed by atoms with Crippen LogP contribution >= 0.6 is 0 Å². The van der Waals surface area contributed by atoms with Gasteiger partial charge in [-0.05, 0) is 60.0 Å². The van der Waals surface area contributed by atoms with Crippen molar-refractivity contribution in [3.63, 3.8) is 0 Å². The molecule has 0 aliphatic heterocycles. The van der Waals surface area contributed by atoms with Crippen molar-refractivity contribution < 1.29 is 19.1 Å². The number of fused-ring (bicyclic) bond motifs is 3. The maximum absolute atomic E-state index is 13.6. The third kappa shape index (κ3) is 5.78. The first kappa shape index (κ1) is 27.6. The maximum Gasteiger partial charge on any atom is 0.341 e. The van der Waals surface area contributed by atoms with E-state index >= 15 is 0 Å². The highest BCUT2D eigenvalue weighted by Gasteiger charge is 2.20. The van der Waals surface area contributed by atoms with E-state index in [2.05, 4.69) is 4.99 Å². The van der Waals surface area contributed by atoms with Gasteiger partial charge in [-0.2, -0.15) is 4.99 Å². The first-order chi connectivity index (χ1) is 21.0. The number of benzene rings is 3. The predicted molar refractivity (Wildman–Crippen MR) is 163 cm³/mol. The summed E-state index contributed by atoms with van der Waals surface area (Å²) in [7, 11) is 0. The second kappa shape index (κ2) is 12.1. The molecule has 9 heteroatoms. The fraction of sp³-hybridized carbons (Fsp3) is 0.147. The Hall–Kier alpha value is -5.57. The smallest absolute Gasteiger partial charge is 0.341 e. The lowest BCUT2D eigenvalue weighted by atomic mass is 10.1. The Bertz CT molecular complexity index is 2120. The van der Waals surface area contributed by atoms with Crippen LogP contribution in [-0.4, -0.2) is 39.0 Å². The van der Waals surface area contributed by atoms with Crippen molar-refractivity contribution in [1.82, 2.24) is 14.0 Å². The first-order valence-corrected chi connectivity index (χ1v) is 14.0. The van der Waals surface area contributed by atoms with Crippen LogP contribution in [0.15, 0.2) is 113 Å². The highest BCUT2D eigenvalue weighted by molar-refractivity contribution is 5.94. The Morgan fingerprint density at radius 3 is 2.47 bits per heavy atom. The Morgan fingerprint density at radius 1 is 0.884 bits per heavy atom. The molecule has 0 saturated carbocycles. The largest absolute Gasteiger partial charge is 0.484 e. The number of amides is 1. The molecule has 0 aliphatic rings. The van der Waals surface area contributed by atoms with Crippen molar-refractivity contribution >= 4 is 39.3 Å². The number of ether oxygens (including phenoxy) is 2. The molecule has 1 amide bonds. The Kier molecular flexibility index (Phi) is 7.78. The van der Waals surface area contributed by atoms with Gasteiger partial charge in [0.1, 0.15) is 22.6 Å². The number of aromatic nitrogens is 3. The Morgan fingerprint density at radius 2 is 1.65 bits per heavy atom. The van der Waals surface area contributed by atoms with Gasteiger partial charge in [-0.25, -0.2) is 9.78 Å². The summed E-state index contributed by atoms with van der Waals surface area (Å²) in [5.74, 6) is -0.786. The molecule has 0 aliphatic carbocycles. The number of hydrogen-bond donors (Lipinski definition) is 0. The lowest BCUT2D eigenvalue weighted by molar-refractivity contribution is -0.120. The summed E-state index contributed by atoms with van der Waals surface area (Å²) in [4.78, 5) is 49.2. The monoisotopic (exact) mass is 572 g/mol. The summed E-state index contributed by atoms with van der Waals surface area (Å²) >= 11 is 0. The van der Waals surface area contributed by atoms with Crippen LogP contribution < -0.4 is 15.8 Å². The van der Waals surface area contributed by atoms with Gasteiger partial charge in [-0.15, -0.1) is 0 Å². The fourth-order valence-corrected chi connectivity index (χ4v) is 5.01. The van der Waals surface area contributed by atoms with E-state index in [1.165, 1.54) is 10.5 Å². The molecular formula is C34H28N4O5. The highest BCUT2D eigenvalue weighted by atomic mass is 16.5. The average molecular weight is 573 g/mol. The average Bonchev–Trinajstić information content (AvgIpc) is 3.04. The van der Waals surface area contributed by atoms with Gasteiger partial charge < -0.3 is 14.0 Å². The van der Waals surface area contributed by atoms with Gasteiger partial charge >= 0.3 is 5.97 Å². The molecule has 3 heterocycles. The summed E-state index contributed by atoms with van der Waals surface area (Å²) in [6, 6.07) is 29.8. The molecule has 6 aromatic rings. The lowest BCUT2D eigenvalue weighted by Crippen LogP contribution is -2.33. The molecular weight excluding hydrogens is 544 g/mol. The van der Waals surface area contributed by atoms with Gasteiger partial charge in [0.25, 0.3) is 11.5 Å². The van der Waals surface area contributed by atoms with Crippen molar-refractivity contribution in [3.8, 4) is 5.75 Å². The van der Waals surface area contributed by atoms with E-state index in [0.29, 0.717) is 30.0 Å². The zero-order valence-corrected chi connectivity index (χ0v) is 23.5. The van der Waals surface area contributed by atoms with Crippen LogP contribution in [0.4, 0.5) is 0 Å². The quantitative estimate of drug-likeness (QED) is 0.193. The zero-order valence-electron chi connectivity index (χ0n) is 23.5. The van der Waals surface area contributed by atoms with Crippen LogP contribution in [-0.2, 0) is 22.5 Å². The van der Waals surface area contributed by atoms with E-state index in [-0.39, 0.29) is 35.2 Å². The molecule has 6 rings (SSSR count). The van der Waals surface area contributed by atoms with Crippen molar-refractivity contribution in [2.24, 2.45) is 4.99 Å². The molecule has 0 N–H and O–H groups in total. The fourth-order valence-electron chi connectivity index (χ4n) is 5.01. The number of hydrogen-bond acceptors (Lipinski definition) is 6. The van der Waals surface area contributed by atoms with E-state index in [1.807, 2.05) is 66.7 Å². The second-order valence-corrected chi connectivity index (χ2v) is 9.88. The van der Waals surface area contributed by atoms with E-state index in [4.69, 9.17) is 14.5 Å². The predicted octanol–water partition coefficient (Wildman–Crippen LogP) is 4.73. The van der Waals surface area contributed by atoms with E-state index in [9.17, 15) is 14.4 Å². The summed E-state index contributed by atoms with van der Waals surface area (Å²) in [5, 5.41) is 2.24. The summed E-state index contributed by atoms with van der Waals surface area (Å²) in [6.07, 6.45) is 2.15. The van der Waals surface area contributed by atoms with Crippen molar-refractivity contribution in [3.05, 3.63) is 130 Å². The standard InChI is InChI=1S/C34H28N4O5/c1-2-42-34(41)28-21-27-31(35-29-14-8-9-18-37(29)33(27)40)38(19-17-23-10-4-3-5-11-23)32(28)36-30(39)22-43-26-16-15-24-12-6-7-13-25(24)20-26/h3-16,18,20-21H,2,17,19,22H2,1H3. The topological polar surface area (TPSA) is 104 Å². The number of nitrogens with zero attached hydrogens (tertiary/aromatic N) is 4. The number of aryl methyl sites for hydroxylation is 2. The lowest BCUT2D eigenvalue weighted by Gasteiger charge is -2.15. The van der Waals surface area contributed by atoms with Crippen LogP contribution in [0.5, 0.6) is 5.75 Å². The van der Waals surface area contributed by atoms with Crippen LogP contribution in [0, 0.1) is 0 Å². The van der Waals surface area contributed by atoms with Gasteiger partial charge in [0, 0.05) is 12.7 Å². The maximum atomic E-state index is 13.6. The van der Waals surface area contributed by atoms with Gasteiger partial charge in [0.15, 0.2) is 12.1 Å². The third-order valence-corrected chi connectivity index (χ3v) is 7.07.